The van der Waals surface area contributed by atoms with Gasteiger partial charge in [0.1, 0.15) is 5.60 Å². The highest BCUT2D eigenvalue weighted by Crippen LogP contribution is 2.34. The van der Waals surface area contributed by atoms with E-state index in [1.54, 1.807) is 0 Å². The molecule has 0 unspecified atom stereocenters. The Kier molecular flexibility index (Phi) is 5.13. The molecule has 5 nitrogen and oxygen atoms in total. The Labute approximate surface area is 144 Å². The third kappa shape index (κ3) is 3.97. The van der Waals surface area contributed by atoms with Gasteiger partial charge in [0.2, 0.25) is 0 Å². The molecule has 3 aliphatic rings. The standard InChI is InChI=1S/C19H29N3O2/c1-2-9-21(8-1)14-18-5-6-19(24-18)15-22(10-11-23-16-19)13-17-4-3-7-20-12-17/h3-4,7,12,18H,1-2,5-6,8-11,13-16H2/t18-,19+/m1/s1. The van der Waals surface area contributed by atoms with E-state index in [0.29, 0.717) is 6.10 Å². The number of hydrogen-bond donors (Lipinski definition) is 0. The lowest BCUT2D eigenvalue weighted by Gasteiger charge is -2.32. The van der Waals surface area contributed by atoms with E-state index in [2.05, 4.69) is 20.9 Å². The Morgan fingerprint density at radius 1 is 1.21 bits per heavy atom. The molecule has 24 heavy (non-hydrogen) atoms. The van der Waals surface area contributed by atoms with Crippen molar-refractivity contribution in [3.63, 3.8) is 0 Å². The maximum Gasteiger partial charge on any atom is 0.105 e. The van der Waals surface area contributed by atoms with Gasteiger partial charge in [0.05, 0.1) is 19.3 Å². The summed E-state index contributed by atoms with van der Waals surface area (Å²) in [6.45, 7) is 8.00. The molecule has 0 saturated carbocycles. The maximum atomic E-state index is 6.58. The van der Waals surface area contributed by atoms with E-state index in [1.165, 1.54) is 37.9 Å². The molecule has 0 N–H and O–H groups in total. The van der Waals surface area contributed by atoms with Gasteiger partial charge in [0.15, 0.2) is 0 Å². The van der Waals surface area contributed by atoms with Crippen LogP contribution in [0.5, 0.6) is 0 Å². The third-order valence-corrected chi connectivity index (χ3v) is 5.56. The van der Waals surface area contributed by atoms with Crippen LogP contribution < -0.4 is 0 Å². The molecule has 3 aliphatic heterocycles. The molecule has 0 amide bonds. The highest BCUT2D eigenvalue weighted by atomic mass is 16.6. The quantitative estimate of drug-likeness (QED) is 0.843. The van der Waals surface area contributed by atoms with Gasteiger partial charge in [-0.3, -0.25) is 9.88 Å². The van der Waals surface area contributed by atoms with E-state index in [0.717, 1.165) is 45.8 Å². The molecule has 3 fully saturated rings. The molecule has 132 valence electrons. The Bertz CT molecular complexity index is 521. The van der Waals surface area contributed by atoms with E-state index < -0.39 is 0 Å². The van der Waals surface area contributed by atoms with E-state index in [4.69, 9.17) is 9.47 Å². The van der Waals surface area contributed by atoms with E-state index >= 15 is 0 Å². The average molecular weight is 331 g/mol. The number of nitrogens with zero attached hydrogens (tertiary/aromatic N) is 3. The maximum absolute atomic E-state index is 6.58. The molecule has 0 bridgehead atoms. The topological polar surface area (TPSA) is 37.8 Å². The molecule has 1 aromatic rings. The van der Waals surface area contributed by atoms with Crippen LogP contribution in [0.4, 0.5) is 0 Å². The first-order chi connectivity index (χ1) is 11.8. The summed E-state index contributed by atoms with van der Waals surface area (Å²) < 4.78 is 12.5. The molecule has 5 heteroatoms. The van der Waals surface area contributed by atoms with Gasteiger partial charge in [0, 0.05) is 38.6 Å². The summed E-state index contributed by atoms with van der Waals surface area (Å²) in [7, 11) is 0. The van der Waals surface area contributed by atoms with E-state index in [-0.39, 0.29) is 5.60 Å². The minimum absolute atomic E-state index is 0.108. The zero-order chi connectivity index (χ0) is 16.2. The van der Waals surface area contributed by atoms with Gasteiger partial charge in [-0.2, -0.15) is 0 Å². The van der Waals surface area contributed by atoms with Gasteiger partial charge in [-0.1, -0.05) is 6.07 Å². The van der Waals surface area contributed by atoms with Crippen LogP contribution in [0.25, 0.3) is 0 Å². The summed E-state index contributed by atoms with van der Waals surface area (Å²) in [4.78, 5) is 9.28. The summed E-state index contributed by atoms with van der Waals surface area (Å²) in [6, 6.07) is 4.16. The lowest BCUT2D eigenvalue weighted by molar-refractivity contribution is -0.0913. The molecular formula is C19H29N3O2. The van der Waals surface area contributed by atoms with Gasteiger partial charge in [-0.25, -0.2) is 0 Å². The fourth-order valence-electron chi connectivity index (χ4n) is 4.37. The number of likely N-dealkylation sites (tertiary alicyclic amines) is 1. The molecule has 0 radical (unpaired) electrons. The zero-order valence-electron chi connectivity index (χ0n) is 14.5. The minimum atomic E-state index is -0.108. The van der Waals surface area contributed by atoms with Crippen LogP contribution in [-0.4, -0.2) is 72.4 Å². The lowest BCUT2D eigenvalue weighted by atomic mass is 10.00. The van der Waals surface area contributed by atoms with Crippen LogP contribution in [0.2, 0.25) is 0 Å². The molecular weight excluding hydrogens is 302 g/mol. The summed E-state index contributed by atoms with van der Waals surface area (Å²) in [6.07, 6.45) is 9.16. The van der Waals surface area contributed by atoms with Crippen molar-refractivity contribution in [1.82, 2.24) is 14.8 Å². The summed E-state index contributed by atoms with van der Waals surface area (Å²) >= 11 is 0. The normalized spacial score (nSPS) is 32.4. The van der Waals surface area contributed by atoms with E-state index in [9.17, 15) is 0 Å². The highest BCUT2D eigenvalue weighted by Gasteiger charge is 2.43. The largest absolute Gasteiger partial charge is 0.377 e. The molecule has 1 spiro atoms. The smallest absolute Gasteiger partial charge is 0.105 e. The SMILES string of the molecule is c1cncc(CN2CCOC[C@]3(CC[C@H](CN4CCCC4)O3)C2)c1. The zero-order valence-corrected chi connectivity index (χ0v) is 14.5. The summed E-state index contributed by atoms with van der Waals surface area (Å²) in [5, 5.41) is 0. The van der Waals surface area contributed by atoms with Crippen LogP contribution in [-0.2, 0) is 16.0 Å². The second kappa shape index (κ2) is 7.48. The molecule has 2 atom stereocenters. The van der Waals surface area contributed by atoms with E-state index in [1.807, 2.05) is 18.5 Å². The van der Waals surface area contributed by atoms with Crippen molar-refractivity contribution in [2.45, 2.75) is 43.9 Å². The van der Waals surface area contributed by atoms with Crippen molar-refractivity contribution in [2.75, 3.05) is 45.9 Å². The lowest BCUT2D eigenvalue weighted by Crippen LogP contribution is -2.45. The molecule has 1 aromatic heterocycles. The van der Waals surface area contributed by atoms with Crippen molar-refractivity contribution >= 4 is 0 Å². The summed E-state index contributed by atoms with van der Waals surface area (Å²) in [5.74, 6) is 0. The van der Waals surface area contributed by atoms with Crippen LogP contribution in [0.1, 0.15) is 31.2 Å². The fraction of sp³-hybridized carbons (Fsp3) is 0.737. The van der Waals surface area contributed by atoms with Crippen molar-refractivity contribution < 1.29 is 9.47 Å². The first-order valence-electron chi connectivity index (χ1n) is 9.41. The average Bonchev–Trinajstić information content (AvgIpc) is 3.19. The van der Waals surface area contributed by atoms with Crippen molar-refractivity contribution in [1.29, 1.82) is 0 Å². The fourth-order valence-corrected chi connectivity index (χ4v) is 4.37. The summed E-state index contributed by atoms with van der Waals surface area (Å²) in [5.41, 5.74) is 1.16. The molecule has 4 heterocycles. The number of rotatable bonds is 4. The Balaban J connectivity index is 1.37. The van der Waals surface area contributed by atoms with Crippen molar-refractivity contribution in [2.24, 2.45) is 0 Å². The van der Waals surface area contributed by atoms with Gasteiger partial charge < -0.3 is 14.4 Å². The van der Waals surface area contributed by atoms with Crippen molar-refractivity contribution in [3.05, 3.63) is 30.1 Å². The molecule has 4 rings (SSSR count). The number of aromatic nitrogens is 1. The number of pyridine rings is 1. The van der Waals surface area contributed by atoms with Crippen LogP contribution in [0, 0.1) is 0 Å². The molecule has 3 saturated heterocycles. The number of ether oxygens (including phenoxy) is 2. The molecule has 0 aromatic carbocycles. The second-order valence-corrected chi connectivity index (χ2v) is 7.59. The first-order valence-corrected chi connectivity index (χ1v) is 9.41. The van der Waals surface area contributed by atoms with Gasteiger partial charge >= 0.3 is 0 Å². The van der Waals surface area contributed by atoms with Crippen molar-refractivity contribution in [3.8, 4) is 0 Å². The third-order valence-electron chi connectivity index (χ3n) is 5.56. The number of hydrogen-bond acceptors (Lipinski definition) is 5. The predicted octanol–water partition coefficient (Wildman–Crippen LogP) is 1.93. The van der Waals surface area contributed by atoms with Crippen LogP contribution in [0.3, 0.4) is 0 Å². The second-order valence-electron chi connectivity index (χ2n) is 7.59. The predicted molar refractivity (Wildman–Crippen MR) is 92.8 cm³/mol. The highest BCUT2D eigenvalue weighted by molar-refractivity contribution is 5.08. The van der Waals surface area contributed by atoms with Gasteiger partial charge in [0.25, 0.3) is 0 Å². The van der Waals surface area contributed by atoms with Gasteiger partial charge in [-0.15, -0.1) is 0 Å². The Morgan fingerprint density at radius 2 is 2.12 bits per heavy atom. The molecule has 0 aliphatic carbocycles. The minimum Gasteiger partial charge on any atom is -0.377 e. The Hall–Kier alpha value is -1.01. The monoisotopic (exact) mass is 331 g/mol. The van der Waals surface area contributed by atoms with Crippen LogP contribution >= 0.6 is 0 Å². The van der Waals surface area contributed by atoms with Crippen LogP contribution in [0.15, 0.2) is 24.5 Å². The Morgan fingerprint density at radius 3 is 2.96 bits per heavy atom. The first kappa shape index (κ1) is 16.5. The van der Waals surface area contributed by atoms with Gasteiger partial charge in [-0.05, 0) is 50.4 Å².